The highest BCUT2D eigenvalue weighted by Gasteiger charge is 2.22. The van der Waals surface area contributed by atoms with Crippen LogP contribution >= 0.6 is 0 Å². The summed E-state index contributed by atoms with van der Waals surface area (Å²) in [5.74, 6) is 0.475. The molecule has 2 aromatic heterocycles. The average molecular weight is 445 g/mol. The SMILES string of the molecule is Cc1[nH]c2c(C(N)=O)cccc2c1-c1nc2c(c(NCc3cccc(F)c3)n1)CCCOC2. The van der Waals surface area contributed by atoms with Crippen LogP contribution in [0.15, 0.2) is 42.5 Å². The fourth-order valence-electron chi connectivity index (χ4n) is 4.36. The fraction of sp³-hybridized carbons (Fsp3) is 0.240. The summed E-state index contributed by atoms with van der Waals surface area (Å²) in [6, 6.07) is 11.9. The van der Waals surface area contributed by atoms with E-state index in [1.165, 1.54) is 12.1 Å². The van der Waals surface area contributed by atoms with E-state index in [1.54, 1.807) is 18.2 Å². The lowest BCUT2D eigenvalue weighted by Crippen LogP contribution is -2.11. The highest BCUT2D eigenvalue weighted by molar-refractivity contribution is 6.09. The molecule has 0 fully saturated rings. The minimum absolute atomic E-state index is 0.274. The van der Waals surface area contributed by atoms with Crippen molar-refractivity contribution < 1.29 is 13.9 Å². The molecule has 7 nitrogen and oxygen atoms in total. The Morgan fingerprint density at radius 3 is 2.91 bits per heavy atom. The molecule has 0 atom stereocenters. The fourth-order valence-corrected chi connectivity index (χ4v) is 4.36. The van der Waals surface area contributed by atoms with Crippen LogP contribution in [0.1, 0.15) is 39.3 Å². The molecule has 168 valence electrons. The Morgan fingerprint density at radius 2 is 2.09 bits per heavy atom. The number of fused-ring (bicyclic) bond motifs is 2. The number of halogens is 1. The van der Waals surface area contributed by atoms with Crippen LogP contribution in [0.2, 0.25) is 0 Å². The Balaban J connectivity index is 1.62. The molecule has 4 aromatic rings. The smallest absolute Gasteiger partial charge is 0.250 e. The molecule has 1 aliphatic heterocycles. The quantitative estimate of drug-likeness (QED) is 0.426. The highest BCUT2D eigenvalue weighted by Crippen LogP contribution is 2.34. The van der Waals surface area contributed by atoms with Crippen LogP contribution < -0.4 is 11.1 Å². The van der Waals surface area contributed by atoms with Gasteiger partial charge in [0.05, 0.1) is 23.4 Å². The number of ether oxygens (including phenoxy) is 1. The van der Waals surface area contributed by atoms with Gasteiger partial charge in [-0.1, -0.05) is 24.3 Å². The molecule has 1 aliphatic rings. The van der Waals surface area contributed by atoms with E-state index in [2.05, 4.69) is 10.3 Å². The molecule has 1 amide bonds. The number of anilines is 1. The maximum absolute atomic E-state index is 13.6. The number of rotatable bonds is 5. The van der Waals surface area contributed by atoms with Crippen LogP contribution in [0.3, 0.4) is 0 Å². The Kier molecular flexibility index (Phi) is 5.51. The first-order valence-electron chi connectivity index (χ1n) is 10.9. The van der Waals surface area contributed by atoms with E-state index in [-0.39, 0.29) is 5.82 Å². The molecule has 3 heterocycles. The van der Waals surface area contributed by atoms with Crippen molar-refractivity contribution >= 4 is 22.6 Å². The van der Waals surface area contributed by atoms with Crippen LogP contribution in [-0.2, 0) is 24.3 Å². The van der Waals surface area contributed by atoms with Crippen molar-refractivity contribution in [2.45, 2.75) is 32.9 Å². The monoisotopic (exact) mass is 445 g/mol. The third-order valence-corrected chi connectivity index (χ3v) is 5.91. The number of nitrogens with zero attached hydrogens (tertiary/aromatic N) is 2. The third-order valence-electron chi connectivity index (χ3n) is 5.91. The summed E-state index contributed by atoms with van der Waals surface area (Å²) < 4.78 is 19.4. The lowest BCUT2D eigenvalue weighted by atomic mass is 10.1. The van der Waals surface area contributed by atoms with Crippen LogP contribution in [0.4, 0.5) is 10.2 Å². The molecule has 0 unspecified atom stereocenters. The summed E-state index contributed by atoms with van der Waals surface area (Å²) in [5.41, 5.74) is 11.0. The molecule has 0 bridgehead atoms. The van der Waals surface area contributed by atoms with Gasteiger partial charge in [0.2, 0.25) is 0 Å². The second-order valence-corrected chi connectivity index (χ2v) is 8.18. The molecule has 2 aromatic carbocycles. The van der Waals surface area contributed by atoms with Gasteiger partial charge in [0.1, 0.15) is 11.6 Å². The first-order chi connectivity index (χ1) is 16.0. The zero-order valence-corrected chi connectivity index (χ0v) is 18.2. The normalized spacial score (nSPS) is 13.5. The van der Waals surface area contributed by atoms with Gasteiger partial charge in [-0.15, -0.1) is 0 Å². The van der Waals surface area contributed by atoms with Gasteiger partial charge < -0.3 is 20.8 Å². The average Bonchev–Trinajstić information content (AvgIpc) is 2.96. The van der Waals surface area contributed by atoms with E-state index >= 15 is 0 Å². The highest BCUT2D eigenvalue weighted by atomic mass is 19.1. The van der Waals surface area contributed by atoms with Gasteiger partial charge in [0, 0.05) is 35.4 Å². The number of hydrogen-bond donors (Lipinski definition) is 3. The number of primary amides is 1. The maximum atomic E-state index is 13.6. The number of para-hydroxylation sites is 1. The predicted molar refractivity (Wildman–Crippen MR) is 124 cm³/mol. The van der Waals surface area contributed by atoms with Crippen molar-refractivity contribution in [3.05, 3.63) is 76.4 Å². The molecular formula is C25H24FN5O2. The Hall–Kier alpha value is -3.78. The van der Waals surface area contributed by atoms with Crippen LogP contribution in [0.5, 0.6) is 0 Å². The summed E-state index contributed by atoms with van der Waals surface area (Å²) in [7, 11) is 0. The van der Waals surface area contributed by atoms with Crippen molar-refractivity contribution in [1.82, 2.24) is 15.0 Å². The van der Waals surface area contributed by atoms with Gasteiger partial charge in [-0.2, -0.15) is 0 Å². The second kappa shape index (κ2) is 8.63. The molecular weight excluding hydrogens is 421 g/mol. The Morgan fingerprint density at radius 1 is 1.24 bits per heavy atom. The van der Waals surface area contributed by atoms with E-state index in [0.29, 0.717) is 42.5 Å². The molecule has 0 saturated carbocycles. The van der Waals surface area contributed by atoms with Gasteiger partial charge in [-0.25, -0.2) is 14.4 Å². The summed E-state index contributed by atoms with van der Waals surface area (Å²) >= 11 is 0. The minimum atomic E-state index is -0.498. The first kappa shape index (κ1) is 21.1. The summed E-state index contributed by atoms with van der Waals surface area (Å²) in [5, 5.41) is 4.21. The zero-order valence-electron chi connectivity index (χ0n) is 18.2. The van der Waals surface area contributed by atoms with Crippen LogP contribution in [0.25, 0.3) is 22.3 Å². The molecule has 0 aliphatic carbocycles. The number of nitrogens with two attached hydrogens (primary N) is 1. The van der Waals surface area contributed by atoms with E-state index in [4.69, 9.17) is 20.4 Å². The van der Waals surface area contributed by atoms with Crippen molar-refractivity contribution in [1.29, 1.82) is 0 Å². The van der Waals surface area contributed by atoms with Crippen molar-refractivity contribution in [3.63, 3.8) is 0 Å². The molecule has 0 radical (unpaired) electrons. The molecule has 8 heteroatoms. The van der Waals surface area contributed by atoms with Crippen molar-refractivity contribution in [3.8, 4) is 11.4 Å². The molecule has 33 heavy (non-hydrogen) atoms. The molecule has 4 N–H and O–H groups in total. The number of aryl methyl sites for hydroxylation is 1. The third kappa shape index (κ3) is 4.05. The van der Waals surface area contributed by atoms with Gasteiger partial charge in [0.25, 0.3) is 5.91 Å². The molecule has 0 saturated heterocycles. The number of hydrogen-bond acceptors (Lipinski definition) is 5. The number of aromatic amines is 1. The van der Waals surface area contributed by atoms with Gasteiger partial charge in [0.15, 0.2) is 5.82 Å². The number of nitrogens with one attached hydrogen (secondary N) is 2. The Labute approximate surface area is 190 Å². The summed E-state index contributed by atoms with van der Waals surface area (Å²) in [6.45, 7) is 3.40. The van der Waals surface area contributed by atoms with E-state index in [0.717, 1.165) is 46.3 Å². The number of amides is 1. The second-order valence-electron chi connectivity index (χ2n) is 8.18. The lowest BCUT2D eigenvalue weighted by Gasteiger charge is -2.15. The van der Waals surface area contributed by atoms with Crippen LogP contribution in [0, 0.1) is 12.7 Å². The van der Waals surface area contributed by atoms with Gasteiger partial charge >= 0.3 is 0 Å². The maximum Gasteiger partial charge on any atom is 0.250 e. The summed E-state index contributed by atoms with van der Waals surface area (Å²) in [6.07, 6.45) is 1.66. The first-order valence-corrected chi connectivity index (χ1v) is 10.9. The molecule has 0 spiro atoms. The minimum Gasteiger partial charge on any atom is -0.375 e. The van der Waals surface area contributed by atoms with E-state index in [1.807, 2.05) is 19.1 Å². The number of carbonyl (C=O) groups is 1. The van der Waals surface area contributed by atoms with Crippen molar-refractivity contribution in [2.75, 3.05) is 11.9 Å². The topological polar surface area (TPSA) is 106 Å². The predicted octanol–water partition coefficient (Wildman–Crippen LogP) is 4.25. The molecule has 5 rings (SSSR count). The number of benzene rings is 2. The standard InChI is InChI=1S/C25H24FN5O2/c1-14-21(18-7-3-8-19(23(27)32)22(18)29-14)25-30-20-13-33-10-4-9-17(20)24(31-25)28-12-15-5-2-6-16(26)11-15/h2-3,5-8,11,29H,4,9-10,12-13H2,1H3,(H2,27,32)(H,28,30,31). The Bertz CT molecular complexity index is 1360. The number of H-pyrrole nitrogens is 1. The van der Waals surface area contributed by atoms with E-state index in [9.17, 15) is 9.18 Å². The van der Waals surface area contributed by atoms with E-state index < -0.39 is 5.91 Å². The van der Waals surface area contributed by atoms with Crippen LogP contribution in [-0.4, -0.2) is 27.5 Å². The van der Waals surface area contributed by atoms with Gasteiger partial charge in [-0.3, -0.25) is 4.79 Å². The van der Waals surface area contributed by atoms with Crippen molar-refractivity contribution in [2.24, 2.45) is 5.73 Å². The largest absolute Gasteiger partial charge is 0.375 e. The lowest BCUT2D eigenvalue weighted by molar-refractivity contribution is 0.100. The number of carbonyl (C=O) groups excluding carboxylic acids is 1. The van der Waals surface area contributed by atoms with Gasteiger partial charge in [-0.05, 0) is 43.5 Å². The zero-order chi connectivity index (χ0) is 22.9. The summed E-state index contributed by atoms with van der Waals surface area (Å²) in [4.78, 5) is 24.9. The number of aromatic nitrogens is 3.